The summed E-state index contributed by atoms with van der Waals surface area (Å²) in [7, 11) is -3.69. The van der Waals surface area contributed by atoms with Gasteiger partial charge in [-0.1, -0.05) is 4.47 Å². The van der Waals surface area contributed by atoms with Crippen molar-refractivity contribution in [2.24, 2.45) is 0 Å². The number of nitrogens with zero attached hydrogens (tertiary/aromatic N) is 2. The molecule has 0 saturated carbocycles. The van der Waals surface area contributed by atoms with Crippen molar-refractivity contribution in [3.8, 4) is 0 Å². The summed E-state index contributed by atoms with van der Waals surface area (Å²) < 4.78 is 24.8. The molecule has 1 aromatic carbocycles. The molecule has 0 amide bonds. The minimum absolute atomic E-state index is 0.00926. The summed E-state index contributed by atoms with van der Waals surface area (Å²) in [4.78, 5) is 14.8. The lowest BCUT2D eigenvalue weighted by Gasteiger charge is -2.13. The summed E-state index contributed by atoms with van der Waals surface area (Å²) in [6, 6.07) is 4.72. The van der Waals surface area contributed by atoms with E-state index in [4.69, 9.17) is 4.84 Å². The average molecular weight is 258 g/mol. The fourth-order valence-electron chi connectivity index (χ4n) is 1.47. The molecule has 0 aromatic heterocycles. The molecule has 0 bridgehead atoms. The quantitative estimate of drug-likeness (QED) is 0.594. The van der Waals surface area contributed by atoms with E-state index >= 15 is 0 Å². The molecule has 92 valence electrons. The number of hydrogen-bond acceptors (Lipinski definition) is 5. The number of rotatable bonds is 3. The lowest BCUT2D eigenvalue weighted by molar-refractivity contribution is -0.384. The predicted molar refractivity (Wildman–Crippen MR) is 57.6 cm³/mol. The Labute approximate surface area is 97.8 Å². The van der Waals surface area contributed by atoms with Gasteiger partial charge in [0, 0.05) is 18.7 Å². The van der Waals surface area contributed by atoms with E-state index in [0.717, 1.165) is 16.6 Å². The Kier molecular flexibility index (Phi) is 3.09. The van der Waals surface area contributed by atoms with Gasteiger partial charge in [-0.25, -0.2) is 8.42 Å². The van der Waals surface area contributed by atoms with Crippen LogP contribution in [0.5, 0.6) is 0 Å². The van der Waals surface area contributed by atoms with Gasteiger partial charge >= 0.3 is 0 Å². The van der Waals surface area contributed by atoms with Gasteiger partial charge in [0.25, 0.3) is 15.7 Å². The van der Waals surface area contributed by atoms with Crippen LogP contribution in [0.15, 0.2) is 29.2 Å². The zero-order chi connectivity index (χ0) is 12.5. The number of non-ortho nitro benzene ring substituents is 1. The third-order valence-electron chi connectivity index (χ3n) is 2.33. The molecule has 0 aliphatic carbocycles. The molecule has 1 aromatic rings. The van der Waals surface area contributed by atoms with Crippen molar-refractivity contribution >= 4 is 15.7 Å². The molecule has 0 spiro atoms. The zero-order valence-electron chi connectivity index (χ0n) is 8.77. The summed E-state index contributed by atoms with van der Waals surface area (Å²) >= 11 is 0. The van der Waals surface area contributed by atoms with E-state index in [0.29, 0.717) is 19.6 Å². The molecule has 0 N–H and O–H groups in total. The largest absolute Gasteiger partial charge is 0.284 e. The van der Waals surface area contributed by atoms with Gasteiger partial charge in [0.15, 0.2) is 0 Å². The van der Waals surface area contributed by atoms with E-state index in [1.54, 1.807) is 0 Å². The van der Waals surface area contributed by atoms with Crippen molar-refractivity contribution < 1.29 is 18.2 Å². The molecule has 2 rings (SSSR count). The van der Waals surface area contributed by atoms with Crippen LogP contribution in [0.4, 0.5) is 5.69 Å². The molecule has 1 fully saturated rings. The van der Waals surface area contributed by atoms with E-state index in [9.17, 15) is 18.5 Å². The summed E-state index contributed by atoms with van der Waals surface area (Å²) in [5, 5.41) is 10.4. The Morgan fingerprint density at radius 2 is 1.94 bits per heavy atom. The Balaban J connectivity index is 2.30. The second-order valence-corrected chi connectivity index (χ2v) is 5.30. The average Bonchev–Trinajstić information content (AvgIpc) is 2.83. The maximum atomic E-state index is 11.9. The first-order chi connectivity index (χ1) is 8.01. The second-order valence-electron chi connectivity index (χ2n) is 3.47. The number of hydrogen-bond donors (Lipinski definition) is 0. The fraction of sp³-hybridized carbons (Fsp3) is 0.333. The van der Waals surface area contributed by atoms with Crippen LogP contribution < -0.4 is 0 Å². The molecule has 1 saturated heterocycles. The predicted octanol–water partition coefficient (Wildman–Crippen LogP) is 0.921. The van der Waals surface area contributed by atoms with Gasteiger partial charge in [-0.05, 0) is 18.6 Å². The van der Waals surface area contributed by atoms with Crippen LogP contribution in [0.1, 0.15) is 6.42 Å². The molecule has 0 atom stereocenters. The van der Waals surface area contributed by atoms with E-state index in [1.807, 2.05) is 0 Å². The molecule has 7 nitrogen and oxygen atoms in total. The lowest BCUT2D eigenvalue weighted by Crippen LogP contribution is -2.26. The summed E-state index contributed by atoms with van der Waals surface area (Å²) in [5.41, 5.74) is -0.147. The van der Waals surface area contributed by atoms with E-state index < -0.39 is 14.9 Å². The topological polar surface area (TPSA) is 89.8 Å². The van der Waals surface area contributed by atoms with Crippen LogP contribution in [-0.2, 0) is 14.9 Å². The first-order valence-electron chi connectivity index (χ1n) is 4.92. The van der Waals surface area contributed by atoms with E-state index in [2.05, 4.69) is 0 Å². The zero-order valence-corrected chi connectivity index (χ0v) is 9.59. The SMILES string of the molecule is O=[N+]([O-])c1ccc(S(=O)(=O)N2CCCO2)cc1. The lowest BCUT2D eigenvalue weighted by atomic mass is 10.3. The van der Waals surface area contributed by atoms with Crippen LogP contribution in [0.25, 0.3) is 0 Å². The van der Waals surface area contributed by atoms with Crippen LogP contribution in [-0.4, -0.2) is 31.0 Å². The maximum Gasteiger partial charge on any atom is 0.269 e. The smallest absolute Gasteiger partial charge is 0.269 e. The van der Waals surface area contributed by atoms with E-state index in [-0.39, 0.29) is 10.6 Å². The maximum absolute atomic E-state index is 11.9. The van der Waals surface area contributed by atoms with Crippen LogP contribution in [0.3, 0.4) is 0 Å². The third-order valence-corrected chi connectivity index (χ3v) is 4.03. The molecule has 1 aliphatic heterocycles. The molecule has 0 unspecified atom stereocenters. The van der Waals surface area contributed by atoms with Gasteiger partial charge in [0.2, 0.25) is 0 Å². The van der Waals surface area contributed by atoms with Gasteiger partial charge in [-0.3, -0.25) is 15.0 Å². The van der Waals surface area contributed by atoms with Gasteiger partial charge in [-0.2, -0.15) is 0 Å². The molecule has 0 radical (unpaired) electrons. The Bertz CT molecular complexity index is 519. The van der Waals surface area contributed by atoms with Gasteiger partial charge in [-0.15, -0.1) is 0 Å². The molecule has 8 heteroatoms. The van der Waals surface area contributed by atoms with Crippen molar-refractivity contribution in [2.75, 3.05) is 13.2 Å². The second kappa shape index (κ2) is 4.40. The first-order valence-corrected chi connectivity index (χ1v) is 6.36. The van der Waals surface area contributed by atoms with Gasteiger partial charge < -0.3 is 0 Å². The standard InChI is InChI=1S/C9H10N2O5S/c12-11(13)8-2-4-9(5-3-8)17(14,15)10-6-1-7-16-10/h2-5H,1,6-7H2. The van der Waals surface area contributed by atoms with Crippen molar-refractivity contribution in [2.45, 2.75) is 11.3 Å². The Hall–Kier alpha value is -1.51. The van der Waals surface area contributed by atoms with Crippen LogP contribution in [0, 0.1) is 10.1 Å². The van der Waals surface area contributed by atoms with E-state index in [1.165, 1.54) is 12.1 Å². The minimum Gasteiger partial charge on any atom is -0.284 e. The van der Waals surface area contributed by atoms with Crippen molar-refractivity contribution in [3.05, 3.63) is 34.4 Å². The first kappa shape index (κ1) is 12.0. The van der Waals surface area contributed by atoms with Crippen molar-refractivity contribution in [1.29, 1.82) is 0 Å². The molecule has 17 heavy (non-hydrogen) atoms. The molecule has 1 aliphatic rings. The Morgan fingerprint density at radius 1 is 1.29 bits per heavy atom. The van der Waals surface area contributed by atoms with Gasteiger partial charge in [0.05, 0.1) is 16.4 Å². The number of sulfonamides is 1. The highest BCUT2D eigenvalue weighted by molar-refractivity contribution is 7.89. The minimum atomic E-state index is -3.69. The van der Waals surface area contributed by atoms with Crippen molar-refractivity contribution in [1.82, 2.24) is 4.47 Å². The summed E-state index contributed by atoms with van der Waals surface area (Å²) in [5.74, 6) is 0. The highest BCUT2D eigenvalue weighted by atomic mass is 32.2. The number of nitro groups is 1. The van der Waals surface area contributed by atoms with Gasteiger partial charge in [0.1, 0.15) is 0 Å². The van der Waals surface area contributed by atoms with Crippen LogP contribution >= 0.6 is 0 Å². The Morgan fingerprint density at radius 3 is 2.41 bits per heavy atom. The summed E-state index contributed by atoms with van der Waals surface area (Å²) in [6.45, 7) is 0.672. The normalized spacial score (nSPS) is 17.2. The summed E-state index contributed by atoms with van der Waals surface area (Å²) in [6.07, 6.45) is 0.645. The van der Waals surface area contributed by atoms with Crippen LogP contribution in [0.2, 0.25) is 0 Å². The highest BCUT2D eigenvalue weighted by Gasteiger charge is 2.28. The molecular weight excluding hydrogens is 248 g/mol. The number of nitro benzene ring substituents is 1. The molecule has 1 heterocycles. The highest BCUT2D eigenvalue weighted by Crippen LogP contribution is 2.21. The van der Waals surface area contributed by atoms with Crippen molar-refractivity contribution in [3.63, 3.8) is 0 Å². The number of hydroxylamine groups is 1. The number of benzene rings is 1. The monoisotopic (exact) mass is 258 g/mol. The fourth-order valence-corrected chi connectivity index (χ4v) is 2.77. The molecular formula is C9H10N2O5S. The third kappa shape index (κ3) is 2.28.